The number of ether oxygens (including phenoxy) is 1. The van der Waals surface area contributed by atoms with Crippen molar-refractivity contribution in [2.24, 2.45) is 4.99 Å². The zero-order chi connectivity index (χ0) is 16.4. The summed E-state index contributed by atoms with van der Waals surface area (Å²) in [4.78, 5) is 4.38. The van der Waals surface area contributed by atoms with E-state index >= 15 is 0 Å². The molecule has 4 nitrogen and oxygen atoms in total. The molecule has 1 aromatic rings. The monoisotopic (exact) mass is 379 g/mol. The molecule has 3 atom stereocenters. The highest BCUT2D eigenvalue weighted by Crippen LogP contribution is 2.34. The maximum absolute atomic E-state index is 5.91. The smallest absolute Gasteiger partial charge is 0.191 e. The molecule has 2 bridgehead atoms. The van der Waals surface area contributed by atoms with Crippen LogP contribution in [0.2, 0.25) is 0 Å². The Labute approximate surface area is 147 Å². The second-order valence-electron chi connectivity index (χ2n) is 7.18. The third kappa shape index (κ3) is 3.89. The largest absolute Gasteiger partial charge is 0.373 e. The van der Waals surface area contributed by atoms with E-state index in [9.17, 15) is 0 Å². The van der Waals surface area contributed by atoms with Crippen molar-refractivity contribution >= 4 is 21.9 Å². The Hall–Kier alpha value is -1.07. The summed E-state index contributed by atoms with van der Waals surface area (Å²) in [5, 5.41) is 7.02. The molecular formula is C18H26BrN3O. The van der Waals surface area contributed by atoms with Crippen molar-refractivity contribution in [1.29, 1.82) is 0 Å². The first-order chi connectivity index (χ1) is 11.0. The number of halogens is 1. The van der Waals surface area contributed by atoms with E-state index < -0.39 is 0 Å². The number of nitrogens with one attached hydrogen (secondary N) is 2. The third-order valence-corrected chi connectivity index (χ3v) is 5.45. The average Bonchev–Trinajstić information content (AvgIpc) is 3.14. The van der Waals surface area contributed by atoms with Crippen LogP contribution < -0.4 is 10.6 Å². The number of hydrogen-bond donors (Lipinski definition) is 2. The van der Waals surface area contributed by atoms with E-state index in [1.165, 1.54) is 18.4 Å². The van der Waals surface area contributed by atoms with Gasteiger partial charge < -0.3 is 15.4 Å². The predicted octanol–water partition coefficient (Wildman–Crippen LogP) is 3.21. The second-order valence-corrected chi connectivity index (χ2v) is 8.10. The number of benzene rings is 1. The van der Waals surface area contributed by atoms with Crippen molar-refractivity contribution in [3.05, 3.63) is 34.3 Å². The summed E-state index contributed by atoms with van der Waals surface area (Å²) in [6.45, 7) is 5.32. The van der Waals surface area contributed by atoms with Crippen molar-refractivity contribution in [2.45, 2.75) is 56.8 Å². The highest BCUT2D eigenvalue weighted by atomic mass is 79.9. The van der Waals surface area contributed by atoms with Crippen molar-refractivity contribution in [3.63, 3.8) is 0 Å². The fourth-order valence-electron chi connectivity index (χ4n) is 3.48. The van der Waals surface area contributed by atoms with Crippen LogP contribution in [0.15, 0.2) is 33.7 Å². The number of fused-ring (bicyclic) bond motifs is 2. The van der Waals surface area contributed by atoms with Crippen molar-refractivity contribution < 1.29 is 4.74 Å². The average molecular weight is 380 g/mol. The van der Waals surface area contributed by atoms with Crippen LogP contribution in [-0.4, -0.2) is 37.8 Å². The summed E-state index contributed by atoms with van der Waals surface area (Å²) in [5.41, 5.74) is 1.32. The molecule has 5 heteroatoms. The van der Waals surface area contributed by atoms with Gasteiger partial charge in [-0.3, -0.25) is 4.99 Å². The molecule has 2 saturated heterocycles. The summed E-state index contributed by atoms with van der Waals surface area (Å²) in [6, 6.07) is 8.89. The van der Waals surface area contributed by atoms with Crippen LogP contribution in [0.5, 0.6) is 0 Å². The molecular weight excluding hydrogens is 354 g/mol. The van der Waals surface area contributed by atoms with Gasteiger partial charge in [-0.1, -0.05) is 41.9 Å². The first-order valence-corrected chi connectivity index (χ1v) is 9.16. The fraction of sp³-hybridized carbons (Fsp3) is 0.611. The van der Waals surface area contributed by atoms with Crippen LogP contribution in [0.4, 0.5) is 0 Å². The van der Waals surface area contributed by atoms with Crippen molar-refractivity contribution in [1.82, 2.24) is 10.6 Å². The minimum Gasteiger partial charge on any atom is -0.373 e. The van der Waals surface area contributed by atoms with Crippen LogP contribution in [0.25, 0.3) is 0 Å². The molecule has 1 aromatic carbocycles. The van der Waals surface area contributed by atoms with Gasteiger partial charge in [0, 0.05) is 23.5 Å². The predicted molar refractivity (Wildman–Crippen MR) is 98.0 cm³/mol. The molecule has 2 aliphatic heterocycles. The van der Waals surface area contributed by atoms with Crippen LogP contribution in [0.1, 0.15) is 38.7 Å². The zero-order valence-electron chi connectivity index (χ0n) is 14.1. The van der Waals surface area contributed by atoms with Gasteiger partial charge >= 0.3 is 0 Å². The van der Waals surface area contributed by atoms with Gasteiger partial charge in [-0.25, -0.2) is 0 Å². The molecule has 3 rings (SSSR count). The lowest BCUT2D eigenvalue weighted by Gasteiger charge is -2.28. The molecule has 2 fully saturated rings. The summed E-state index contributed by atoms with van der Waals surface area (Å²) in [7, 11) is 1.83. The summed E-state index contributed by atoms with van der Waals surface area (Å²) in [6.07, 6.45) is 4.29. The Morgan fingerprint density at radius 1 is 1.39 bits per heavy atom. The molecule has 0 saturated carbocycles. The number of aliphatic imine (C=N–C) groups is 1. The molecule has 0 amide bonds. The van der Waals surface area contributed by atoms with Gasteiger partial charge in [-0.15, -0.1) is 0 Å². The van der Waals surface area contributed by atoms with Gasteiger partial charge in [-0.2, -0.15) is 0 Å². The molecule has 0 radical (unpaired) electrons. The van der Waals surface area contributed by atoms with Gasteiger partial charge in [0.25, 0.3) is 0 Å². The first kappa shape index (κ1) is 16.8. The molecule has 126 valence electrons. The fourth-order valence-corrected chi connectivity index (χ4v) is 3.88. The van der Waals surface area contributed by atoms with Crippen molar-refractivity contribution in [2.75, 3.05) is 13.6 Å². The lowest BCUT2D eigenvalue weighted by atomic mass is 9.85. The summed E-state index contributed by atoms with van der Waals surface area (Å²) < 4.78 is 7.02. The Balaban J connectivity index is 1.57. The lowest BCUT2D eigenvalue weighted by molar-refractivity contribution is 0.0992. The van der Waals surface area contributed by atoms with E-state index in [1.807, 2.05) is 7.05 Å². The maximum atomic E-state index is 5.91. The van der Waals surface area contributed by atoms with E-state index in [4.69, 9.17) is 4.74 Å². The Kier molecular flexibility index (Phi) is 4.97. The van der Waals surface area contributed by atoms with E-state index in [1.54, 1.807) is 0 Å². The second kappa shape index (κ2) is 6.81. The van der Waals surface area contributed by atoms with Crippen LogP contribution >= 0.6 is 15.9 Å². The number of rotatable bonds is 4. The standard InChI is InChI=1S/C18H26BrN3O/c1-18(2,12-5-4-6-13(19)9-12)11-21-17(20-3)22-15-10-14-7-8-16(15)23-14/h4-6,9,14-16H,7-8,10-11H2,1-3H3,(H2,20,21,22). The van der Waals surface area contributed by atoms with E-state index in [0.29, 0.717) is 18.2 Å². The molecule has 3 unspecified atom stereocenters. The number of nitrogens with zero attached hydrogens (tertiary/aromatic N) is 1. The van der Waals surface area contributed by atoms with Gasteiger partial charge in [0.15, 0.2) is 5.96 Å². The zero-order valence-corrected chi connectivity index (χ0v) is 15.7. The van der Waals surface area contributed by atoms with E-state index in [-0.39, 0.29) is 5.41 Å². The molecule has 0 aliphatic carbocycles. The van der Waals surface area contributed by atoms with Crippen molar-refractivity contribution in [3.8, 4) is 0 Å². The molecule has 2 heterocycles. The maximum Gasteiger partial charge on any atom is 0.191 e. The van der Waals surface area contributed by atoms with Gasteiger partial charge in [0.05, 0.1) is 18.2 Å². The molecule has 23 heavy (non-hydrogen) atoms. The summed E-state index contributed by atoms with van der Waals surface area (Å²) >= 11 is 3.55. The Bertz CT molecular complexity index is 587. The molecule has 0 spiro atoms. The normalized spacial score (nSPS) is 27.3. The number of guanidine groups is 1. The SMILES string of the molecule is CN=C(NCC(C)(C)c1cccc(Br)c1)NC1CC2CCC1O2. The van der Waals surface area contributed by atoms with Crippen LogP contribution in [0, 0.1) is 0 Å². The highest BCUT2D eigenvalue weighted by Gasteiger charge is 2.41. The quantitative estimate of drug-likeness (QED) is 0.623. The van der Waals surface area contributed by atoms with Gasteiger partial charge in [0.1, 0.15) is 0 Å². The van der Waals surface area contributed by atoms with E-state index in [2.05, 4.69) is 69.7 Å². The minimum atomic E-state index is 0.0204. The van der Waals surface area contributed by atoms with Crippen LogP contribution in [0.3, 0.4) is 0 Å². The summed E-state index contributed by atoms with van der Waals surface area (Å²) in [5.74, 6) is 0.870. The highest BCUT2D eigenvalue weighted by molar-refractivity contribution is 9.10. The Morgan fingerprint density at radius 2 is 2.22 bits per heavy atom. The van der Waals surface area contributed by atoms with E-state index in [0.717, 1.165) is 23.4 Å². The lowest BCUT2D eigenvalue weighted by Crippen LogP contribution is -2.49. The first-order valence-electron chi connectivity index (χ1n) is 8.36. The molecule has 0 aromatic heterocycles. The Morgan fingerprint density at radius 3 is 2.83 bits per heavy atom. The molecule has 2 aliphatic rings. The topological polar surface area (TPSA) is 45.7 Å². The molecule has 2 N–H and O–H groups in total. The third-order valence-electron chi connectivity index (χ3n) is 4.96. The van der Waals surface area contributed by atoms with Crippen LogP contribution in [-0.2, 0) is 10.2 Å². The van der Waals surface area contributed by atoms with Gasteiger partial charge in [0.2, 0.25) is 0 Å². The van der Waals surface area contributed by atoms with Gasteiger partial charge in [-0.05, 0) is 37.0 Å². The number of hydrogen-bond acceptors (Lipinski definition) is 2. The minimum absolute atomic E-state index is 0.0204.